The van der Waals surface area contributed by atoms with Gasteiger partial charge < -0.3 is 15.0 Å². The van der Waals surface area contributed by atoms with Crippen LogP contribution in [0.15, 0.2) is 24.3 Å². The largest absolute Gasteiger partial charge is 0.376 e. The Morgan fingerprint density at radius 1 is 1.36 bits per heavy atom. The zero-order valence-corrected chi connectivity index (χ0v) is 16.7. The number of aryl methyl sites for hydroxylation is 1. The second-order valence-corrected chi connectivity index (χ2v) is 8.52. The number of carbonyl (C=O) groups is 1. The molecule has 3 aromatic rings. The summed E-state index contributed by atoms with van der Waals surface area (Å²) in [5, 5.41) is 7.74. The minimum Gasteiger partial charge on any atom is -0.376 e. The van der Waals surface area contributed by atoms with Gasteiger partial charge in [0, 0.05) is 36.6 Å². The third-order valence-electron chi connectivity index (χ3n) is 5.42. The summed E-state index contributed by atoms with van der Waals surface area (Å²) < 4.78 is 7.53. The molecule has 1 atom stereocenters. The third kappa shape index (κ3) is 3.27. The van der Waals surface area contributed by atoms with Crippen LogP contribution in [0.5, 0.6) is 0 Å². The molecule has 7 nitrogen and oxygen atoms in total. The normalized spacial score (nSPS) is 19.2. The monoisotopic (exact) mass is 397 g/mol. The van der Waals surface area contributed by atoms with Crippen molar-refractivity contribution >= 4 is 22.3 Å². The minimum absolute atomic E-state index is 0.0134. The van der Waals surface area contributed by atoms with Gasteiger partial charge in [0.15, 0.2) is 5.82 Å². The van der Waals surface area contributed by atoms with Crippen molar-refractivity contribution < 1.29 is 9.53 Å². The van der Waals surface area contributed by atoms with Gasteiger partial charge in [0.25, 0.3) is 0 Å². The number of rotatable bonds is 3. The van der Waals surface area contributed by atoms with Crippen molar-refractivity contribution in [3.8, 4) is 11.4 Å². The van der Waals surface area contributed by atoms with Gasteiger partial charge in [0.2, 0.25) is 4.96 Å². The van der Waals surface area contributed by atoms with E-state index >= 15 is 0 Å². The average Bonchev–Trinajstić information content (AvgIpc) is 3.42. The Labute approximate surface area is 167 Å². The number of benzene rings is 1. The highest BCUT2D eigenvalue weighted by atomic mass is 32.1. The highest BCUT2D eigenvalue weighted by molar-refractivity contribution is 7.17. The molecule has 0 saturated carbocycles. The molecule has 0 radical (unpaired) electrons. The Bertz CT molecular complexity index is 1000. The van der Waals surface area contributed by atoms with Crippen LogP contribution >= 0.6 is 11.3 Å². The predicted molar refractivity (Wildman–Crippen MR) is 108 cm³/mol. The number of ether oxygens (including phenoxy) is 1. The SMILES string of the molecule is Cc1ccc(-c2nc3sc4c(n3n2)CCN(C(=O)NC[C@H]2CCCO2)C4)cc1. The lowest BCUT2D eigenvalue weighted by molar-refractivity contribution is 0.108. The first-order valence-electron chi connectivity index (χ1n) is 9.76. The van der Waals surface area contributed by atoms with E-state index < -0.39 is 0 Å². The number of fused-ring (bicyclic) bond motifs is 3. The average molecular weight is 398 g/mol. The smallest absolute Gasteiger partial charge is 0.317 e. The molecule has 0 unspecified atom stereocenters. The summed E-state index contributed by atoms with van der Waals surface area (Å²) in [6.45, 7) is 4.78. The molecule has 1 N–H and O–H groups in total. The second kappa shape index (κ2) is 7.18. The van der Waals surface area contributed by atoms with Gasteiger partial charge in [-0.05, 0) is 19.8 Å². The first-order valence-corrected chi connectivity index (χ1v) is 10.6. The molecule has 4 heterocycles. The van der Waals surface area contributed by atoms with Crippen LogP contribution in [-0.4, -0.2) is 51.3 Å². The summed E-state index contributed by atoms with van der Waals surface area (Å²) in [6, 6.07) is 8.25. The molecule has 0 aliphatic carbocycles. The number of hydrogen-bond donors (Lipinski definition) is 1. The van der Waals surface area contributed by atoms with Crippen LogP contribution in [0.1, 0.15) is 29.0 Å². The van der Waals surface area contributed by atoms with Gasteiger partial charge in [-0.1, -0.05) is 41.2 Å². The zero-order chi connectivity index (χ0) is 19.1. The number of carbonyl (C=O) groups excluding carboxylic acids is 1. The maximum atomic E-state index is 12.5. The summed E-state index contributed by atoms with van der Waals surface area (Å²) in [7, 11) is 0. The van der Waals surface area contributed by atoms with Crippen LogP contribution in [0, 0.1) is 6.92 Å². The van der Waals surface area contributed by atoms with Crippen molar-refractivity contribution in [1.82, 2.24) is 24.8 Å². The van der Waals surface area contributed by atoms with Gasteiger partial charge in [-0.2, -0.15) is 4.98 Å². The van der Waals surface area contributed by atoms with E-state index in [0.717, 1.165) is 42.2 Å². The predicted octanol–water partition coefficient (Wildman–Crippen LogP) is 3.01. The first kappa shape index (κ1) is 17.6. The molecule has 8 heteroatoms. The zero-order valence-electron chi connectivity index (χ0n) is 15.9. The Balaban J connectivity index is 1.30. The van der Waals surface area contributed by atoms with Crippen LogP contribution in [0.3, 0.4) is 0 Å². The Morgan fingerprint density at radius 2 is 2.21 bits per heavy atom. The van der Waals surface area contributed by atoms with Crippen molar-refractivity contribution in [1.29, 1.82) is 0 Å². The van der Waals surface area contributed by atoms with E-state index in [4.69, 9.17) is 14.8 Å². The number of urea groups is 1. The molecule has 1 aromatic carbocycles. The van der Waals surface area contributed by atoms with Crippen molar-refractivity contribution in [2.24, 2.45) is 0 Å². The molecular weight excluding hydrogens is 374 g/mol. The molecule has 0 spiro atoms. The highest BCUT2D eigenvalue weighted by Gasteiger charge is 2.27. The van der Waals surface area contributed by atoms with E-state index in [9.17, 15) is 4.79 Å². The van der Waals surface area contributed by atoms with E-state index in [2.05, 4.69) is 36.5 Å². The van der Waals surface area contributed by atoms with E-state index in [1.165, 1.54) is 16.1 Å². The van der Waals surface area contributed by atoms with Crippen molar-refractivity contribution in [2.45, 2.75) is 38.8 Å². The molecular formula is C20H23N5O2S. The summed E-state index contributed by atoms with van der Waals surface area (Å²) >= 11 is 1.63. The second-order valence-electron chi connectivity index (χ2n) is 7.46. The molecule has 0 bridgehead atoms. The number of nitrogens with zero attached hydrogens (tertiary/aromatic N) is 4. The van der Waals surface area contributed by atoms with Crippen LogP contribution in [-0.2, 0) is 17.7 Å². The highest BCUT2D eigenvalue weighted by Crippen LogP contribution is 2.29. The molecule has 1 fully saturated rings. The number of thiazole rings is 1. The van der Waals surface area contributed by atoms with E-state index in [1.54, 1.807) is 11.3 Å². The van der Waals surface area contributed by atoms with Crippen molar-refractivity contribution in [3.63, 3.8) is 0 Å². The maximum absolute atomic E-state index is 12.5. The standard InChI is InChI=1S/C20H23N5O2S/c1-13-4-6-14(7-5-13)18-22-20-25(23-18)16-8-9-24(12-17(16)28-20)19(26)21-11-15-3-2-10-27-15/h4-7,15H,2-3,8-12H2,1H3,(H,21,26)/t15-/m1/s1. The van der Waals surface area contributed by atoms with E-state index in [0.29, 0.717) is 19.6 Å². The molecule has 2 aliphatic heterocycles. The Kier molecular flexibility index (Phi) is 4.52. The quantitative estimate of drug-likeness (QED) is 0.737. The lowest BCUT2D eigenvalue weighted by Crippen LogP contribution is -2.44. The Hall–Kier alpha value is -2.45. The van der Waals surface area contributed by atoms with Crippen LogP contribution in [0.4, 0.5) is 4.79 Å². The fourth-order valence-electron chi connectivity index (χ4n) is 3.81. The van der Waals surface area contributed by atoms with Gasteiger partial charge in [-0.3, -0.25) is 0 Å². The number of hydrogen-bond acceptors (Lipinski definition) is 5. The fraction of sp³-hybridized carbons (Fsp3) is 0.450. The summed E-state index contributed by atoms with van der Waals surface area (Å²) in [5.74, 6) is 0.755. The minimum atomic E-state index is -0.0134. The topological polar surface area (TPSA) is 71.8 Å². The number of amides is 2. The number of nitrogens with one attached hydrogen (secondary N) is 1. The molecule has 2 amide bonds. The van der Waals surface area contributed by atoms with Crippen LogP contribution < -0.4 is 5.32 Å². The molecule has 2 aromatic heterocycles. The fourth-order valence-corrected chi connectivity index (χ4v) is 4.92. The first-order chi connectivity index (χ1) is 13.7. The van der Waals surface area contributed by atoms with Gasteiger partial charge in [-0.15, -0.1) is 5.10 Å². The van der Waals surface area contributed by atoms with Gasteiger partial charge in [0.05, 0.1) is 18.3 Å². The molecule has 2 aliphatic rings. The number of aromatic nitrogens is 3. The summed E-state index contributed by atoms with van der Waals surface area (Å²) in [5.41, 5.74) is 3.43. The summed E-state index contributed by atoms with van der Waals surface area (Å²) in [4.78, 5) is 21.2. The van der Waals surface area contributed by atoms with Gasteiger partial charge in [-0.25, -0.2) is 9.31 Å². The molecule has 5 rings (SSSR count). The third-order valence-corrected chi connectivity index (χ3v) is 6.48. The molecule has 28 heavy (non-hydrogen) atoms. The van der Waals surface area contributed by atoms with E-state index in [1.807, 2.05) is 9.42 Å². The van der Waals surface area contributed by atoms with E-state index in [-0.39, 0.29) is 12.1 Å². The van der Waals surface area contributed by atoms with Crippen LogP contribution in [0.25, 0.3) is 16.3 Å². The molecule has 1 saturated heterocycles. The Morgan fingerprint density at radius 3 is 3.00 bits per heavy atom. The lowest BCUT2D eigenvalue weighted by Gasteiger charge is -2.27. The maximum Gasteiger partial charge on any atom is 0.317 e. The van der Waals surface area contributed by atoms with Crippen molar-refractivity contribution in [2.75, 3.05) is 19.7 Å². The molecule has 146 valence electrons. The van der Waals surface area contributed by atoms with Crippen LogP contribution in [0.2, 0.25) is 0 Å². The summed E-state index contributed by atoms with van der Waals surface area (Å²) in [6.07, 6.45) is 3.07. The lowest BCUT2D eigenvalue weighted by atomic mass is 10.1. The van der Waals surface area contributed by atoms with Gasteiger partial charge in [0.1, 0.15) is 0 Å². The van der Waals surface area contributed by atoms with Crippen molar-refractivity contribution in [3.05, 3.63) is 40.4 Å². The van der Waals surface area contributed by atoms with Gasteiger partial charge >= 0.3 is 6.03 Å².